The molecule has 1 aliphatic rings. The summed E-state index contributed by atoms with van der Waals surface area (Å²) in [5.74, 6) is 2.65. The number of hydrogen-bond donors (Lipinski definition) is 2. The van der Waals surface area contributed by atoms with Crippen LogP contribution >= 0.6 is 0 Å². The molecular formula is C20H26N2O4. The highest BCUT2D eigenvalue weighted by atomic mass is 16.5. The van der Waals surface area contributed by atoms with Crippen LogP contribution in [0.5, 0.6) is 17.2 Å². The second-order valence-corrected chi connectivity index (χ2v) is 6.49. The van der Waals surface area contributed by atoms with Gasteiger partial charge in [-0.25, -0.2) is 4.98 Å². The third-order valence-electron chi connectivity index (χ3n) is 4.81. The van der Waals surface area contributed by atoms with Crippen molar-refractivity contribution in [3.8, 4) is 28.4 Å². The van der Waals surface area contributed by atoms with Crippen molar-refractivity contribution in [1.29, 1.82) is 0 Å². The van der Waals surface area contributed by atoms with E-state index in [2.05, 4.69) is 10.3 Å². The first-order chi connectivity index (χ1) is 12.6. The van der Waals surface area contributed by atoms with Crippen molar-refractivity contribution in [1.82, 2.24) is 4.98 Å². The van der Waals surface area contributed by atoms with E-state index in [0.29, 0.717) is 23.3 Å². The standard InChI is InChI=1S/C20H26N2O4/c1-24-17-10-14(11-18(25-2)20(17)26-3)13-8-9-21-19(12-13)22-15-4-6-16(23)7-5-15/h8-12,15-16,23H,4-7H2,1-3H3,(H,21,22). The molecule has 2 aromatic rings. The molecule has 0 aliphatic heterocycles. The number of rotatable bonds is 6. The second kappa shape index (κ2) is 8.27. The molecule has 1 aromatic carbocycles. The summed E-state index contributed by atoms with van der Waals surface area (Å²) in [7, 11) is 4.81. The number of ether oxygens (including phenoxy) is 3. The molecule has 1 aliphatic carbocycles. The lowest BCUT2D eigenvalue weighted by Crippen LogP contribution is -2.28. The third-order valence-corrected chi connectivity index (χ3v) is 4.81. The van der Waals surface area contributed by atoms with Crippen molar-refractivity contribution in [3.63, 3.8) is 0 Å². The highest BCUT2D eigenvalue weighted by Gasteiger charge is 2.20. The van der Waals surface area contributed by atoms with Crippen LogP contribution in [0.2, 0.25) is 0 Å². The van der Waals surface area contributed by atoms with E-state index in [4.69, 9.17) is 14.2 Å². The van der Waals surface area contributed by atoms with Crippen molar-refractivity contribution in [2.45, 2.75) is 37.8 Å². The van der Waals surface area contributed by atoms with Gasteiger partial charge in [-0.15, -0.1) is 0 Å². The van der Waals surface area contributed by atoms with Gasteiger partial charge in [-0.05, 0) is 61.1 Å². The lowest BCUT2D eigenvalue weighted by atomic mass is 9.93. The van der Waals surface area contributed by atoms with Gasteiger partial charge in [0.2, 0.25) is 5.75 Å². The monoisotopic (exact) mass is 358 g/mol. The molecule has 1 aromatic heterocycles. The number of aromatic nitrogens is 1. The van der Waals surface area contributed by atoms with Crippen LogP contribution in [0, 0.1) is 0 Å². The molecule has 1 fully saturated rings. The number of nitrogens with zero attached hydrogens (tertiary/aromatic N) is 1. The molecule has 0 bridgehead atoms. The number of hydrogen-bond acceptors (Lipinski definition) is 6. The van der Waals surface area contributed by atoms with Gasteiger partial charge < -0.3 is 24.6 Å². The maximum Gasteiger partial charge on any atom is 0.203 e. The van der Waals surface area contributed by atoms with Crippen molar-refractivity contribution in [2.24, 2.45) is 0 Å². The van der Waals surface area contributed by atoms with Crippen molar-refractivity contribution < 1.29 is 19.3 Å². The van der Waals surface area contributed by atoms with E-state index in [1.54, 1.807) is 27.5 Å². The first kappa shape index (κ1) is 18.3. The smallest absolute Gasteiger partial charge is 0.203 e. The summed E-state index contributed by atoms with van der Waals surface area (Å²) in [5.41, 5.74) is 1.97. The van der Waals surface area contributed by atoms with Gasteiger partial charge in [-0.3, -0.25) is 0 Å². The van der Waals surface area contributed by atoms with Gasteiger partial charge >= 0.3 is 0 Å². The molecule has 0 spiro atoms. The van der Waals surface area contributed by atoms with Gasteiger partial charge in [0, 0.05) is 12.2 Å². The molecule has 0 atom stereocenters. The van der Waals surface area contributed by atoms with Crippen LogP contribution in [0.25, 0.3) is 11.1 Å². The maximum atomic E-state index is 9.65. The Balaban J connectivity index is 1.85. The van der Waals surface area contributed by atoms with Gasteiger partial charge in [-0.1, -0.05) is 0 Å². The Hall–Kier alpha value is -2.47. The quantitative estimate of drug-likeness (QED) is 0.823. The highest BCUT2D eigenvalue weighted by Crippen LogP contribution is 2.41. The summed E-state index contributed by atoms with van der Waals surface area (Å²) in [6.07, 6.45) is 5.22. The zero-order chi connectivity index (χ0) is 18.5. The van der Waals surface area contributed by atoms with E-state index < -0.39 is 0 Å². The molecule has 6 nitrogen and oxygen atoms in total. The lowest BCUT2D eigenvalue weighted by molar-refractivity contribution is 0.126. The molecule has 0 radical (unpaired) electrons. The van der Waals surface area contributed by atoms with Crippen LogP contribution in [0.1, 0.15) is 25.7 Å². The van der Waals surface area contributed by atoms with Crippen molar-refractivity contribution in [2.75, 3.05) is 26.6 Å². The Bertz CT molecular complexity index is 717. The predicted octanol–water partition coefficient (Wildman–Crippen LogP) is 3.49. The van der Waals surface area contributed by atoms with Crippen LogP contribution in [-0.2, 0) is 0 Å². The molecule has 0 amide bonds. The average Bonchev–Trinajstić information content (AvgIpc) is 2.68. The number of anilines is 1. The summed E-state index contributed by atoms with van der Waals surface area (Å²) < 4.78 is 16.3. The Kier molecular flexibility index (Phi) is 5.83. The Morgan fingerprint density at radius 2 is 1.58 bits per heavy atom. The van der Waals surface area contributed by atoms with Crippen LogP contribution in [-0.4, -0.2) is 43.6 Å². The third kappa shape index (κ3) is 4.02. The molecule has 0 saturated heterocycles. The van der Waals surface area contributed by atoms with Gasteiger partial charge in [0.05, 0.1) is 27.4 Å². The molecule has 1 heterocycles. The largest absolute Gasteiger partial charge is 0.493 e. The molecule has 2 N–H and O–H groups in total. The molecular weight excluding hydrogens is 332 g/mol. The van der Waals surface area contributed by atoms with Gasteiger partial charge in [0.1, 0.15) is 5.82 Å². The fraction of sp³-hybridized carbons (Fsp3) is 0.450. The maximum absolute atomic E-state index is 9.65. The fourth-order valence-corrected chi connectivity index (χ4v) is 3.37. The minimum absolute atomic E-state index is 0.161. The normalized spacial score (nSPS) is 19.7. The minimum Gasteiger partial charge on any atom is -0.493 e. The van der Waals surface area contributed by atoms with E-state index in [1.165, 1.54) is 0 Å². The van der Waals surface area contributed by atoms with Gasteiger partial charge in [0.15, 0.2) is 11.5 Å². The molecule has 6 heteroatoms. The first-order valence-electron chi connectivity index (χ1n) is 8.85. The fourth-order valence-electron chi connectivity index (χ4n) is 3.37. The molecule has 1 saturated carbocycles. The van der Waals surface area contributed by atoms with E-state index >= 15 is 0 Å². The van der Waals surface area contributed by atoms with Crippen LogP contribution in [0.3, 0.4) is 0 Å². The first-order valence-corrected chi connectivity index (χ1v) is 8.85. The number of pyridine rings is 1. The van der Waals surface area contributed by atoms with E-state index in [0.717, 1.165) is 42.6 Å². The van der Waals surface area contributed by atoms with E-state index in [9.17, 15) is 5.11 Å². The summed E-state index contributed by atoms with van der Waals surface area (Å²) in [6, 6.07) is 8.18. The summed E-state index contributed by atoms with van der Waals surface area (Å²) >= 11 is 0. The van der Waals surface area contributed by atoms with Crippen molar-refractivity contribution in [3.05, 3.63) is 30.5 Å². The number of benzene rings is 1. The zero-order valence-corrected chi connectivity index (χ0v) is 15.5. The van der Waals surface area contributed by atoms with Crippen LogP contribution in [0.4, 0.5) is 5.82 Å². The Morgan fingerprint density at radius 1 is 0.923 bits per heavy atom. The zero-order valence-electron chi connectivity index (χ0n) is 15.5. The van der Waals surface area contributed by atoms with Gasteiger partial charge in [-0.2, -0.15) is 0 Å². The van der Waals surface area contributed by atoms with E-state index in [1.807, 2.05) is 24.3 Å². The average molecular weight is 358 g/mol. The predicted molar refractivity (Wildman–Crippen MR) is 101 cm³/mol. The van der Waals surface area contributed by atoms with Gasteiger partial charge in [0.25, 0.3) is 0 Å². The van der Waals surface area contributed by atoms with Crippen molar-refractivity contribution >= 4 is 5.82 Å². The molecule has 3 rings (SSSR count). The molecule has 0 unspecified atom stereocenters. The number of aliphatic hydroxyl groups is 1. The SMILES string of the molecule is COc1cc(-c2ccnc(NC3CCC(O)CC3)c2)cc(OC)c1OC. The summed E-state index contributed by atoms with van der Waals surface area (Å²) in [4.78, 5) is 4.44. The van der Waals surface area contributed by atoms with Crippen LogP contribution < -0.4 is 19.5 Å². The van der Waals surface area contributed by atoms with E-state index in [-0.39, 0.29) is 6.10 Å². The minimum atomic E-state index is -0.161. The topological polar surface area (TPSA) is 72.8 Å². The second-order valence-electron chi connectivity index (χ2n) is 6.49. The number of aliphatic hydroxyl groups excluding tert-OH is 1. The molecule has 26 heavy (non-hydrogen) atoms. The Labute approximate surface area is 154 Å². The highest BCUT2D eigenvalue weighted by molar-refractivity contribution is 5.72. The number of nitrogens with one attached hydrogen (secondary N) is 1. The lowest BCUT2D eigenvalue weighted by Gasteiger charge is -2.26. The molecule has 140 valence electrons. The number of methoxy groups -OCH3 is 3. The van der Waals surface area contributed by atoms with Crippen LogP contribution in [0.15, 0.2) is 30.5 Å². The summed E-state index contributed by atoms with van der Waals surface area (Å²) in [5, 5.41) is 13.1. The Morgan fingerprint density at radius 3 is 2.15 bits per heavy atom. The summed E-state index contributed by atoms with van der Waals surface area (Å²) in [6.45, 7) is 0.